The Bertz CT molecular complexity index is 1000. The molecule has 6 heteroatoms. The number of hydrogen-bond acceptors (Lipinski definition) is 4. The number of aromatic nitrogens is 2. The van der Waals surface area contributed by atoms with Gasteiger partial charge in [-0.05, 0) is 61.9 Å². The highest BCUT2D eigenvalue weighted by atomic mass is 16.5. The molecule has 0 N–H and O–H groups in total. The maximum absolute atomic E-state index is 12.9. The van der Waals surface area contributed by atoms with Crippen molar-refractivity contribution in [2.75, 3.05) is 38.3 Å². The van der Waals surface area contributed by atoms with Gasteiger partial charge in [0.1, 0.15) is 0 Å². The number of carbonyl (C=O) groups is 1. The van der Waals surface area contributed by atoms with Crippen molar-refractivity contribution in [3.8, 4) is 5.69 Å². The van der Waals surface area contributed by atoms with Gasteiger partial charge in [0.15, 0.2) is 0 Å². The van der Waals surface area contributed by atoms with Crippen molar-refractivity contribution in [1.82, 2.24) is 14.7 Å². The van der Waals surface area contributed by atoms with E-state index in [1.807, 2.05) is 55.9 Å². The third kappa shape index (κ3) is 4.39. The summed E-state index contributed by atoms with van der Waals surface area (Å²) in [5.41, 5.74) is 6.00. The number of morpholine rings is 1. The highest BCUT2D eigenvalue weighted by Gasteiger charge is 2.14. The second kappa shape index (κ2) is 8.71. The number of carbonyl (C=O) groups excluding carboxylic acids is 1. The van der Waals surface area contributed by atoms with Gasteiger partial charge >= 0.3 is 0 Å². The second-order valence-corrected chi connectivity index (χ2v) is 7.81. The van der Waals surface area contributed by atoms with Crippen LogP contribution < -0.4 is 4.90 Å². The van der Waals surface area contributed by atoms with Gasteiger partial charge in [-0.2, -0.15) is 5.10 Å². The second-order valence-electron chi connectivity index (χ2n) is 7.81. The van der Waals surface area contributed by atoms with Gasteiger partial charge in [-0.1, -0.05) is 12.1 Å². The average molecular weight is 405 g/mol. The van der Waals surface area contributed by atoms with Gasteiger partial charge in [-0.15, -0.1) is 0 Å². The van der Waals surface area contributed by atoms with Crippen LogP contribution in [-0.2, 0) is 11.3 Å². The molecule has 1 aliphatic rings. The SMILES string of the molecule is Cc1cc(C)n(-c2ccc(C(=O)N(C)Cc3ccc(N4CCOCC4)cc3)cc2)n1. The molecule has 0 spiro atoms. The monoisotopic (exact) mass is 404 g/mol. The summed E-state index contributed by atoms with van der Waals surface area (Å²) in [6.07, 6.45) is 0. The minimum Gasteiger partial charge on any atom is -0.378 e. The van der Waals surface area contributed by atoms with Crippen LogP contribution in [0, 0.1) is 13.8 Å². The largest absolute Gasteiger partial charge is 0.378 e. The molecule has 0 unspecified atom stereocenters. The molecule has 4 rings (SSSR count). The van der Waals surface area contributed by atoms with Gasteiger partial charge in [-0.3, -0.25) is 4.79 Å². The summed E-state index contributed by atoms with van der Waals surface area (Å²) >= 11 is 0. The first-order valence-electron chi connectivity index (χ1n) is 10.3. The van der Waals surface area contributed by atoms with Gasteiger partial charge in [0, 0.05) is 43.6 Å². The number of benzene rings is 2. The Morgan fingerprint density at radius 3 is 2.23 bits per heavy atom. The lowest BCUT2D eigenvalue weighted by Gasteiger charge is -2.29. The highest BCUT2D eigenvalue weighted by molar-refractivity contribution is 5.94. The third-order valence-corrected chi connectivity index (χ3v) is 5.45. The Kier molecular flexibility index (Phi) is 5.86. The van der Waals surface area contributed by atoms with E-state index in [1.54, 1.807) is 4.90 Å². The molecule has 1 fully saturated rings. The van der Waals surface area contributed by atoms with Crippen LogP contribution in [0.4, 0.5) is 5.69 Å². The molecule has 156 valence electrons. The molecule has 30 heavy (non-hydrogen) atoms. The Hall–Kier alpha value is -3.12. The Labute approximate surface area is 177 Å². The molecule has 1 saturated heterocycles. The summed E-state index contributed by atoms with van der Waals surface area (Å²) in [5, 5.41) is 4.50. The van der Waals surface area contributed by atoms with E-state index in [0.29, 0.717) is 12.1 Å². The third-order valence-electron chi connectivity index (χ3n) is 5.45. The summed E-state index contributed by atoms with van der Waals surface area (Å²) in [5.74, 6) is 0.00664. The summed E-state index contributed by atoms with van der Waals surface area (Å²) in [4.78, 5) is 16.9. The maximum atomic E-state index is 12.9. The van der Waals surface area contributed by atoms with E-state index in [2.05, 4.69) is 34.3 Å². The summed E-state index contributed by atoms with van der Waals surface area (Å²) in [6.45, 7) is 7.97. The molecular weight excluding hydrogens is 376 g/mol. The van der Waals surface area contributed by atoms with Crippen LogP contribution in [0.1, 0.15) is 27.3 Å². The number of hydrogen-bond donors (Lipinski definition) is 0. The fourth-order valence-electron chi connectivity index (χ4n) is 3.84. The molecule has 0 aliphatic carbocycles. The van der Waals surface area contributed by atoms with Crippen molar-refractivity contribution >= 4 is 11.6 Å². The smallest absolute Gasteiger partial charge is 0.253 e. The van der Waals surface area contributed by atoms with Crippen LogP contribution in [0.5, 0.6) is 0 Å². The molecule has 0 atom stereocenters. The maximum Gasteiger partial charge on any atom is 0.253 e. The summed E-state index contributed by atoms with van der Waals surface area (Å²) in [7, 11) is 1.84. The van der Waals surface area contributed by atoms with Crippen molar-refractivity contribution in [3.63, 3.8) is 0 Å². The average Bonchev–Trinajstić information content (AvgIpc) is 3.12. The van der Waals surface area contributed by atoms with Crippen LogP contribution in [0.15, 0.2) is 54.6 Å². The number of rotatable bonds is 5. The minimum absolute atomic E-state index is 0.00664. The lowest BCUT2D eigenvalue weighted by Crippen LogP contribution is -2.36. The van der Waals surface area contributed by atoms with E-state index < -0.39 is 0 Å². The van der Waals surface area contributed by atoms with E-state index in [0.717, 1.165) is 48.9 Å². The number of anilines is 1. The number of amides is 1. The van der Waals surface area contributed by atoms with Gasteiger partial charge in [0.05, 0.1) is 24.6 Å². The van der Waals surface area contributed by atoms with Crippen LogP contribution in [-0.4, -0.2) is 53.9 Å². The van der Waals surface area contributed by atoms with E-state index in [9.17, 15) is 4.79 Å². The fourth-order valence-corrected chi connectivity index (χ4v) is 3.84. The van der Waals surface area contributed by atoms with Crippen LogP contribution >= 0.6 is 0 Å². The van der Waals surface area contributed by atoms with Crippen molar-refractivity contribution in [2.24, 2.45) is 0 Å². The zero-order valence-corrected chi connectivity index (χ0v) is 17.8. The Balaban J connectivity index is 1.40. The summed E-state index contributed by atoms with van der Waals surface area (Å²) < 4.78 is 7.31. The predicted octanol–water partition coefficient (Wildman–Crippen LogP) is 3.60. The summed E-state index contributed by atoms with van der Waals surface area (Å²) in [6, 6.07) is 18.1. The molecule has 6 nitrogen and oxygen atoms in total. The molecular formula is C24H28N4O2. The first-order valence-corrected chi connectivity index (χ1v) is 10.3. The van der Waals surface area contributed by atoms with Crippen LogP contribution in [0.25, 0.3) is 5.69 Å². The lowest BCUT2D eigenvalue weighted by molar-refractivity contribution is 0.0785. The predicted molar refractivity (Wildman–Crippen MR) is 118 cm³/mol. The molecule has 0 radical (unpaired) electrons. The zero-order valence-electron chi connectivity index (χ0n) is 17.8. The van der Waals surface area contributed by atoms with Crippen molar-refractivity contribution in [3.05, 3.63) is 77.1 Å². The standard InChI is InChI=1S/C24H28N4O2/c1-18-16-19(2)28(25-18)23-10-6-21(7-11-23)24(29)26(3)17-20-4-8-22(9-5-20)27-12-14-30-15-13-27/h4-11,16H,12-15,17H2,1-3H3. The molecule has 1 aromatic heterocycles. The van der Waals surface area contributed by atoms with E-state index >= 15 is 0 Å². The number of ether oxygens (including phenoxy) is 1. The Morgan fingerprint density at radius 1 is 1.00 bits per heavy atom. The fraction of sp³-hybridized carbons (Fsp3) is 0.333. The quantitative estimate of drug-likeness (QED) is 0.652. The highest BCUT2D eigenvalue weighted by Crippen LogP contribution is 2.18. The van der Waals surface area contributed by atoms with Gasteiger partial charge in [0.25, 0.3) is 5.91 Å². The zero-order chi connectivity index (χ0) is 21.1. The molecule has 1 amide bonds. The molecule has 2 heterocycles. The van der Waals surface area contributed by atoms with Crippen molar-refractivity contribution in [2.45, 2.75) is 20.4 Å². The molecule has 2 aromatic carbocycles. The van der Waals surface area contributed by atoms with Crippen LogP contribution in [0.2, 0.25) is 0 Å². The number of nitrogens with zero attached hydrogens (tertiary/aromatic N) is 4. The minimum atomic E-state index is 0.00664. The molecule has 0 saturated carbocycles. The Morgan fingerprint density at radius 2 is 1.63 bits per heavy atom. The lowest BCUT2D eigenvalue weighted by atomic mass is 10.1. The van der Waals surface area contributed by atoms with Crippen molar-refractivity contribution < 1.29 is 9.53 Å². The van der Waals surface area contributed by atoms with Crippen LogP contribution in [0.3, 0.4) is 0 Å². The van der Waals surface area contributed by atoms with E-state index in [-0.39, 0.29) is 5.91 Å². The first-order chi connectivity index (χ1) is 14.5. The topological polar surface area (TPSA) is 50.6 Å². The van der Waals surface area contributed by atoms with Gasteiger partial charge in [-0.25, -0.2) is 4.68 Å². The normalized spacial score (nSPS) is 14.0. The molecule has 3 aromatic rings. The van der Waals surface area contributed by atoms with Gasteiger partial charge in [0.2, 0.25) is 0 Å². The molecule has 0 bridgehead atoms. The molecule has 1 aliphatic heterocycles. The first kappa shape index (κ1) is 20.2. The number of aryl methyl sites for hydroxylation is 2. The van der Waals surface area contributed by atoms with Gasteiger partial charge < -0.3 is 14.5 Å². The van der Waals surface area contributed by atoms with Crippen molar-refractivity contribution in [1.29, 1.82) is 0 Å². The van der Waals surface area contributed by atoms with E-state index in [4.69, 9.17) is 4.74 Å². The van der Waals surface area contributed by atoms with E-state index in [1.165, 1.54) is 5.69 Å².